The lowest BCUT2D eigenvalue weighted by Crippen LogP contribution is -2.03. The van der Waals surface area contributed by atoms with Crippen molar-refractivity contribution in [2.24, 2.45) is 0 Å². The van der Waals surface area contributed by atoms with E-state index in [9.17, 15) is 0 Å². The van der Waals surface area contributed by atoms with Crippen LogP contribution in [0.3, 0.4) is 0 Å². The highest BCUT2D eigenvalue weighted by molar-refractivity contribution is 5.91. The summed E-state index contributed by atoms with van der Waals surface area (Å²) in [6.45, 7) is 0.831. The molecule has 0 bridgehead atoms. The average molecular weight is 297 g/mol. The molecule has 1 aliphatic rings. The van der Waals surface area contributed by atoms with E-state index in [1.807, 2.05) is 6.07 Å². The van der Waals surface area contributed by atoms with Gasteiger partial charge in [0.2, 0.25) is 0 Å². The summed E-state index contributed by atoms with van der Waals surface area (Å²) in [5.41, 5.74) is 5.30. The van der Waals surface area contributed by atoms with Gasteiger partial charge in [0.25, 0.3) is 0 Å². The number of allylic oxidation sites excluding steroid dienone is 4. The molecular weight excluding hydrogens is 278 g/mol. The zero-order chi connectivity index (χ0) is 15.5. The van der Waals surface area contributed by atoms with Crippen molar-refractivity contribution in [3.05, 3.63) is 96.1 Å². The summed E-state index contributed by atoms with van der Waals surface area (Å²) in [7, 11) is 0. The van der Waals surface area contributed by atoms with Gasteiger partial charge in [-0.1, -0.05) is 72.8 Å². The zero-order valence-corrected chi connectivity index (χ0v) is 13.0. The number of rotatable bonds is 4. The van der Waals surface area contributed by atoms with E-state index in [1.54, 1.807) is 0 Å². The fraction of sp³-hybridized carbons (Fsp3) is 0.0909. The molecule has 1 heteroatoms. The molecule has 0 aromatic heterocycles. The predicted molar refractivity (Wildman–Crippen MR) is 99.5 cm³/mol. The number of hydrogen-bond acceptors (Lipinski definition) is 1. The molecule has 112 valence electrons. The first-order valence-corrected chi connectivity index (χ1v) is 8.07. The van der Waals surface area contributed by atoms with Crippen molar-refractivity contribution in [3.8, 4) is 0 Å². The largest absolute Gasteiger partial charge is 0.381 e. The SMILES string of the molecule is C1=CCC(c2ccc3ccccc3c2CNc2ccccc2)=C1. The van der Waals surface area contributed by atoms with Gasteiger partial charge in [0, 0.05) is 12.2 Å². The van der Waals surface area contributed by atoms with Crippen LogP contribution in [0.5, 0.6) is 0 Å². The molecule has 1 N–H and O–H groups in total. The molecule has 0 saturated carbocycles. The predicted octanol–water partition coefficient (Wildman–Crippen LogP) is 5.80. The molecule has 1 nitrogen and oxygen atoms in total. The van der Waals surface area contributed by atoms with Gasteiger partial charge >= 0.3 is 0 Å². The van der Waals surface area contributed by atoms with Crippen molar-refractivity contribution in [1.29, 1.82) is 0 Å². The van der Waals surface area contributed by atoms with E-state index >= 15 is 0 Å². The number of hydrogen-bond donors (Lipinski definition) is 1. The molecule has 0 amide bonds. The van der Waals surface area contributed by atoms with Crippen LogP contribution in [-0.4, -0.2) is 0 Å². The summed E-state index contributed by atoms with van der Waals surface area (Å²) in [5.74, 6) is 0. The van der Waals surface area contributed by atoms with Gasteiger partial charge in [-0.15, -0.1) is 0 Å². The maximum Gasteiger partial charge on any atom is 0.0413 e. The van der Waals surface area contributed by atoms with Gasteiger partial charge in [0.05, 0.1) is 0 Å². The van der Waals surface area contributed by atoms with Crippen LogP contribution in [-0.2, 0) is 6.54 Å². The monoisotopic (exact) mass is 297 g/mol. The fourth-order valence-electron chi connectivity index (χ4n) is 3.22. The molecule has 0 fully saturated rings. The Labute approximate surface area is 137 Å². The zero-order valence-electron chi connectivity index (χ0n) is 13.0. The highest BCUT2D eigenvalue weighted by Crippen LogP contribution is 2.31. The van der Waals surface area contributed by atoms with E-state index in [0.29, 0.717) is 0 Å². The number of para-hydroxylation sites is 1. The van der Waals surface area contributed by atoms with Crippen molar-refractivity contribution in [2.45, 2.75) is 13.0 Å². The number of nitrogens with one attached hydrogen (secondary N) is 1. The Kier molecular flexibility index (Phi) is 3.69. The Balaban J connectivity index is 1.76. The second-order valence-electron chi connectivity index (χ2n) is 5.86. The molecule has 3 aromatic carbocycles. The Morgan fingerprint density at radius 3 is 2.48 bits per heavy atom. The summed E-state index contributed by atoms with van der Waals surface area (Å²) in [6.07, 6.45) is 7.63. The van der Waals surface area contributed by atoms with E-state index in [-0.39, 0.29) is 0 Å². The van der Waals surface area contributed by atoms with Crippen molar-refractivity contribution < 1.29 is 0 Å². The first-order valence-electron chi connectivity index (χ1n) is 8.07. The molecule has 0 heterocycles. The van der Waals surface area contributed by atoms with E-state index in [1.165, 1.54) is 27.5 Å². The first-order chi connectivity index (χ1) is 11.4. The highest BCUT2D eigenvalue weighted by Gasteiger charge is 2.12. The fourth-order valence-corrected chi connectivity index (χ4v) is 3.22. The van der Waals surface area contributed by atoms with Gasteiger partial charge in [0.15, 0.2) is 0 Å². The maximum absolute atomic E-state index is 3.57. The standard InChI is InChI=1S/C22H19N/c1-2-11-19(12-3-1)23-16-22-20-13-7-6-10-18(20)14-15-21(22)17-8-4-5-9-17/h1-8,10-15,23H,9,16H2. The Bertz CT molecular complexity index is 888. The van der Waals surface area contributed by atoms with Gasteiger partial charge in [-0.05, 0) is 46.0 Å². The number of benzene rings is 3. The van der Waals surface area contributed by atoms with Crippen molar-refractivity contribution in [3.63, 3.8) is 0 Å². The molecule has 0 radical (unpaired) electrons. The lowest BCUT2D eigenvalue weighted by atomic mass is 9.93. The minimum atomic E-state index is 0.831. The minimum absolute atomic E-state index is 0.831. The van der Waals surface area contributed by atoms with Gasteiger partial charge < -0.3 is 5.32 Å². The molecule has 0 unspecified atom stereocenters. The van der Waals surface area contributed by atoms with Crippen LogP contribution in [0.2, 0.25) is 0 Å². The Morgan fingerprint density at radius 2 is 1.65 bits per heavy atom. The summed E-state index contributed by atoms with van der Waals surface area (Å²) in [4.78, 5) is 0. The van der Waals surface area contributed by atoms with Crippen LogP contribution >= 0.6 is 0 Å². The normalized spacial score (nSPS) is 13.3. The summed E-state index contributed by atoms with van der Waals surface area (Å²) in [6, 6.07) is 23.5. The van der Waals surface area contributed by atoms with Crippen LogP contribution < -0.4 is 5.32 Å². The van der Waals surface area contributed by atoms with E-state index in [2.05, 4.69) is 84.2 Å². The minimum Gasteiger partial charge on any atom is -0.381 e. The van der Waals surface area contributed by atoms with E-state index < -0.39 is 0 Å². The third-order valence-corrected chi connectivity index (χ3v) is 4.40. The number of fused-ring (bicyclic) bond motifs is 1. The van der Waals surface area contributed by atoms with Crippen LogP contribution in [0, 0.1) is 0 Å². The van der Waals surface area contributed by atoms with Gasteiger partial charge in [0.1, 0.15) is 0 Å². The smallest absolute Gasteiger partial charge is 0.0413 e. The Morgan fingerprint density at radius 1 is 0.826 bits per heavy atom. The second-order valence-corrected chi connectivity index (χ2v) is 5.86. The molecule has 0 spiro atoms. The highest BCUT2D eigenvalue weighted by atomic mass is 14.9. The third kappa shape index (κ3) is 2.78. The van der Waals surface area contributed by atoms with E-state index in [4.69, 9.17) is 0 Å². The number of anilines is 1. The van der Waals surface area contributed by atoms with Gasteiger partial charge in [-0.3, -0.25) is 0 Å². The first kappa shape index (κ1) is 13.8. The van der Waals surface area contributed by atoms with Crippen molar-refractivity contribution >= 4 is 22.0 Å². The quantitative estimate of drug-likeness (QED) is 0.642. The van der Waals surface area contributed by atoms with Crippen LogP contribution in [0.15, 0.2) is 85.0 Å². The molecule has 23 heavy (non-hydrogen) atoms. The van der Waals surface area contributed by atoms with Crippen molar-refractivity contribution in [2.75, 3.05) is 5.32 Å². The summed E-state index contributed by atoms with van der Waals surface area (Å²) in [5, 5.41) is 6.20. The molecule has 0 saturated heterocycles. The maximum atomic E-state index is 3.57. The Hall–Kier alpha value is -2.80. The van der Waals surface area contributed by atoms with Crippen LogP contribution in [0.4, 0.5) is 5.69 Å². The van der Waals surface area contributed by atoms with Gasteiger partial charge in [-0.25, -0.2) is 0 Å². The van der Waals surface area contributed by atoms with Gasteiger partial charge in [-0.2, -0.15) is 0 Å². The average Bonchev–Trinajstić information content (AvgIpc) is 3.15. The lowest BCUT2D eigenvalue weighted by molar-refractivity contribution is 1.15. The lowest BCUT2D eigenvalue weighted by Gasteiger charge is -2.16. The molecule has 1 aliphatic carbocycles. The molecule has 0 atom stereocenters. The van der Waals surface area contributed by atoms with Crippen LogP contribution in [0.1, 0.15) is 17.5 Å². The molecule has 3 aromatic rings. The summed E-state index contributed by atoms with van der Waals surface area (Å²) < 4.78 is 0. The van der Waals surface area contributed by atoms with Crippen LogP contribution in [0.25, 0.3) is 16.3 Å². The third-order valence-electron chi connectivity index (χ3n) is 4.40. The topological polar surface area (TPSA) is 12.0 Å². The molecule has 0 aliphatic heterocycles. The van der Waals surface area contributed by atoms with Crippen molar-refractivity contribution in [1.82, 2.24) is 0 Å². The molecule has 4 rings (SSSR count). The summed E-state index contributed by atoms with van der Waals surface area (Å²) >= 11 is 0. The van der Waals surface area contributed by atoms with E-state index in [0.717, 1.165) is 18.7 Å². The molecular formula is C22H19N. The second kappa shape index (κ2) is 6.13.